The highest BCUT2D eigenvalue weighted by atomic mass is 16.5. The molecule has 0 rings (SSSR count). The summed E-state index contributed by atoms with van der Waals surface area (Å²) in [6.07, 6.45) is 4.69. The van der Waals surface area contributed by atoms with Crippen molar-refractivity contribution in [2.24, 2.45) is 5.92 Å². The van der Waals surface area contributed by atoms with E-state index in [2.05, 4.69) is 13.8 Å². The fourth-order valence-corrected chi connectivity index (χ4v) is 1.31. The first-order valence-electron chi connectivity index (χ1n) is 5.60. The molecule has 1 atom stereocenters. The molecule has 0 amide bonds. The molecule has 0 aromatic carbocycles. The van der Waals surface area contributed by atoms with Gasteiger partial charge in [0.15, 0.2) is 0 Å². The van der Waals surface area contributed by atoms with Gasteiger partial charge in [-0.2, -0.15) is 0 Å². The molecule has 0 aromatic rings. The Kier molecular flexibility index (Phi) is 7.77. The molecule has 0 spiro atoms. The van der Waals surface area contributed by atoms with E-state index in [1.165, 1.54) is 0 Å². The van der Waals surface area contributed by atoms with Crippen molar-refractivity contribution in [1.82, 2.24) is 0 Å². The lowest BCUT2D eigenvalue weighted by Crippen LogP contribution is -2.08. The summed E-state index contributed by atoms with van der Waals surface area (Å²) >= 11 is 0. The van der Waals surface area contributed by atoms with Crippen LogP contribution in [0.1, 0.15) is 52.9 Å². The van der Waals surface area contributed by atoms with Gasteiger partial charge in [-0.3, -0.25) is 4.79 Å². The first-order valence-corrected chi connectivity index (χ1v) is 5.60. The third-order valence-electron chi connectivity index (χ3n) is 2.47. The van der Waals surface area contributed by atoms with Crippen LogP contribution in [0.25, 0.3) is 0 Å². The number of Topliss-reactive ketones (excluding diaryl/α,β-unsaturated/α-hetero) is 1. The molecule has 0 aliphatic rings. The SMILES string of the molecule is COC(C)CCC(=O)CCCC(C)C. The van der Waals surface area contributed by atoms with Gasteiger partial charge in [-0.15, -0.1) is 0 Å². The van der Waals surface area contributed by atoms with Crippen molar-refractivity contribution in [3.05, 3.63) is 0 Å². The second-order valence-corrected chi connectivity index (χ2v) is 4.41. The number of rotatable bonds is 8. The molecule has 0 fully saturated rings. The Bertz CT molecular complexity index is 152. The van der Waals surface area contributed by atoms with Crippen LogP contribution in [-0.4, -0.2) is 19.0 Å². The third-order valence-corrected chi connectivity index (χ3v) is 2.47. The largest absolute Gasteiger partial charge is 0.382 e. The second-order valence-electron chi connectivity index (χ2n) is 4.41. The first kappa shape index (κ1) is 13.6. The van der Waals surface area contributed by atoms with Gasteiger partial charge in [-0.05, 0) is 25.7 Å². The predicted octanol–water partition coefficient (Wildman–Crippen LogP) is 3.20. The van der Waals surface area contributed by atoms with Gasteiger partial charge in [0, 0.05) is 20.0 Å². The molecular formula is C12H24O2. The molecule has 0 bridgehead atoms. The van der Waals surface area contributed by atoms with Crippen LogP contribution in [0.15, 0.2) is 0 Å². The van der Waals surface area contributed by atoms with Crippen molar-refractivity contribution in [1.29, 1.82) is 0 Å². The van der Waals surface area contributed by atoms with E-state index in [-0.39, 0.29) is 6.10 Å². The van der Waals surface area contributed by atoms with Crippen molar-refractivity contribution in [3.63, 3.8) is 0 Å². The van der Waals surface area contributed by atoms with E-state index in [9.17, 15) is 4.79 Å². The highest BCUT2D eigenvalue weighted by molar-refractivity contribution is 5.78. The fraction of sp³-hybridized carbons (Fsp3) is 0.917. The van der Waals surface area contributed by atoms with E-state index in [0.29, 0.717) is 18.1 Å². The Morgan fingerprint density at radius 2 is 1.79 bits per heavy atom. The molecule has 2 nitrogen and oxygen atoms in total. The summed E-state index contributed by atoms with van der Waals surface area (Å²) in [5.74, 6) is 1.09. The quantitative estimate of drug-likeness (QED) is 0.601. The van der Waals surface area contributed by atoms with E-state index in [1.54, 1.807) is 7.11 Å². The second kappa shape index (κ2) is 7.98. The van der Waals surface area contributed by atoms with Crippen LogP contribution >= 0.6 is 0 Å². The number of ether oxygens (including phenoxy) is 1. The average molecular weight is 200 g/mol. The Hall–Kier alpha value is -0.370. The van der Waals surface area contributed by atoms with Crippen LogP contribution < -0.4 is 0 Å². The Balaban J connectivity index is 3.37. The molecule has 0 radical (unpaired) electrons. The minimum absolute atomic E-state index is 0.212. The number of ketones is 1. The van der Waals surface area contributed by atoms with E-state index in [4.69, 9.17) is 4.74 Å². The molecule has 0 heterocycles. The summed E-state index contributed by atoms with van der Waals surface area (Å²) < 4.78 is 5.09. The maximum absolute atomic E-state index is 11.4. The molecule has 0 N–H and O–H groups in total. The van der Waals surface area contributed by atoms with Gasteiger partial charge in [0.1, 0.15) is 5.78 Å². The van der Waals surface area contributed by atoms with Crippen molar-refractivity contribution in [2.45, 2.75) is 59.0 Å². The monoisotopic (exact) mass is 200 g/mol. The Morgan fingerprint density at radius 3 is 2.29 bits per heavy atom. The van der Waals surface area contributed by atoms with Crippen LogP contribution in [0.4, 0.5) is 0 Å². The van der Waals surface area contributed by atoms with Gasteiger partial charge in [-0.1, -0.05) is 20.3 Å². The Morgan fingerprint density at radius 1 is 1.14 bits per heavy atom. The molecular weight excluding hydrogens is 176 g/mol. The third kappa shape index (κ3) is 8.24. The highest BCUT2D eigenvalue weighted by Crippen LogP contribution is 2.09. The van der Waals surface area contributed by atoms with E-state index < -0.39 is 0 Å². The van der Waals surface area contributed by atoms with Crippen molar-refractivity contribution < 1.29 is 9.53 Å². The summed E-state index contributed by atoms with van der Waals surface area (Å²) in [6.45, 7) is 6.39. The molecule has 84 valence electrons. The van der Waals surface area contributed by atoms with Crippen molar-refractivity contribution in [2.75, 3.05) is 7.11 Å². The number of carbonyl (C=O) groups excluding carboxylic acids is 1. The van der Waals surface area contributed by atoms with Crippen LogP contribution in [0, 0.1) is 5.92 Å². The highest BCUT2D eigenvalue weighted by Gasteiger charge is 2.06. The van der Waals surface area contributed by atoms with E-state index in [1.807, 2.05) is 6.92 Å². The molecule has 0 saturated carbocycles. The van der Waals surface area contributed by atoms with Crippen LogP contribution in [0.5, 0.6) is 0 Å². The Labute approximate surface area is 88.0 Å². The molecule has 2 heteroatoms. The van der Waals surface area contributed by atoms with Gasteiger partial charge >= 0.3 is 0 Å². The van der Waals surface area contributed by atoms with Gasteiger partial charge in [0.05, 0.1) is 6.10 Å². The first-order chi connectivity index (χ1) is 6.56. The molecule has 0 aliphatic carbocycles. The summed E-state index contributed by atoms with van der Waals surface area (Å²) in [7, 11) is 1.69. The zero-order valence-corrected chi connectivity index (χ0v) is 10.0. The predicted molar refractivity (Wildman–Crippen MR) is 59.4 cm³/mol. The molecule has 1 unspecified atom stereocenters. The summed E-state index contributed by atoms with van der Waals surface area (Å²) in [5, 5.41) is 0. The van der Waals surface area contributed by atoms with Gasteiger partial charge in [0.2, 0.25) is 0 Å². The van der Waals surface area contributed by atoms with Crippen molar-refractivity contribution in [3.8, 4) is 0 Å². The number of hydrogen-bond acceptors (Lipinski definition) is 2. The maximum atomic E-state index is 11.4. The minimum Gasteiger partial charge on any atom is -0.382 e. The summed E-state index contributed by atoms with van der Waals surface area (Å²) in [6, 6.07) is 0. The van der Waals surface area contributed by atoms with E-state index in [0.717, 1.165) is 25.7 Å². The lowest BCUT2D eigenvalue weighted by molar-refractivity contribution is -0.119. The van der Waals surface area contributed by atoms with Crippen molar-refractivity contribution >= 4 is 5.78 Å². The smallest absolute Gasteiger partial charge is 0.133 e. The minimum atomic E-state index is 0.212. The van der Waals surface area contributed by atoms with Crippen LogP contribution in [-0.2, 0) is 9.53 Å². The molecule has 0 saturated heterocycles. The number of methoxy groups -OCH3 is 1. The number of hydrogen-bond donors (Lipinski definition) is 0. The summed E-state index contributed by atoms with van der Waals surface area (Å²) in [5.41, 5.74) is 0. The van der Waals surface area contributed by atoms with Gasteiger partial charge in [0.25, 0.3) is 0 Å². The lowest BCUT2D eigenvalue weighted by atomic mass is 10.0. The van der Waals surface area contributed by atoms with Crippen LogP contribution in [0.2, 0.25) is 0 Å². The summed E-state index contributed by atoms with van der Waals surface area (Å²) in [4.78, 5) is 11.4. The maximum Gasteiger partial charge on any atom is 0.133 e. The fourth-order valence-electron chi connectivity index (χ4n) is 1.31. The van der Waals surface area contributed by atoms with Gasteiger partial charge in [-0.25, -0.2) is 0 Å². The zero-order chi connectivity index (χ0) is 11.0. The molecule has 0 aromatic heterocycles. The number of carbonyl (C=O) groups is 1. The van der Waals surface area contributed by atoms with Crippen LogP contribution in [0.3, 0.4) is 0 Å². The van der Waals surface area contributed by atoms with Gasteiger partial charge < -0.3 is 4.74 Å². The van der Waals surface area contributed by atoms with E-state index >= 15 is 0 Å². The normalized spacial score (nSPS) is 13.2. The standard InChI is InChI=1S/C12H24O2/c1-10(2)6-5-7-12(13)9-8-11(3)14-4/h10-11H,5-9H2,1-4H3. The topological polar surface area (TPSA) is 26.3 Å². The lowest BCUT2D eigenvalue weighted by Gasteiger charge is -2.08. The average Bonchev–Trinajstić information content (AvgIpc) is 2.13. The molecule has 14 heavy (non-hydrogen) atoms. The zero-order valence-electron chi connectivity index (χ0n) is 10.0. The molecule has 0 aliphatic heterocycles.